The van der Waals surface area contributed by atoms with Crippen molar-refractivity contribution in [2.45, 2.75) is 25.2 Å². The molecule has 1 aromatic heterocycles. The number of aromatic nitrogens is 2. The van der Waals surface area contributed by atoms with Crippen molar-refractivity contribution in [3.8, 4) is 0 Å². The van der Waals surface area contributed by atoms with Gasteiger partial charge >= 0.3 is 29.2 Å². The molecule has 2 unspecified atom stereocenters. The molecule has 0 aromatic carbocycles. The standard InChI is InChI=1S/C12H20N3O13P3/c1-2-5-13-9-6-15(12(17)14-11(9)16)10-4-3-8(26-10)7-25-30(21,22)28-31(23,24)27-29(18,19)20/h2,6,8,10,13H,1,3-5,7H2,(H,21,22)(H,23,24)(H,14,16,17)(H2,18,19,20)/t8-,10+/m0/s1. The minimum Gasteiger partial charge on any atom is -0.376 e. The molecular weight excluding hydrogens is 487 g/mol. The Morgan fingerprint density at radius 3 is 2.48 bits per heavy atom. The molecule has 1 aliphatic heterocycles. The third-order valence-electron chi connectivity index (χ3n) is 3.64. The first-order valence-corrected chi connectivity index (χ1v) is 12.9. The first-order valence-electron chi connectivity index (χ1n) is 8.35. The van der Waals surface area contributed by atoms with Gasteiger partial charge < -0.3 is 29.6 Å². The second-order valence-corrected chi connectivity index (χ2v) is 10.5. The molecule has 4 atom stereocenters. The Labute approximate surface area is 173 Å². The van der Waals surface area contributed by atoms with Gasteiger partial charge in [0.2, 0.25) is 0 Å². The molecule has 1 saturated heterocycles. The summed E-state index contributed by atoms with van der Waals surface area (Å²) in [6.45, 7) is 3.12. The normalized spacial score (nSPS) is 23.1. The van der Waals surface area contributed by atoms with E-state index in [2.05, 4.69) is 30.0 Å². The van der Waals surface area contributed by atoms with Crippen LogP contribution in [0.1, 0.15) is 19.1 Å². The van der Waals surface area contributed by atoms with Crippen molar-refractivity contribution in [1.82, 2.24) is 9.55 Å². The fraction of sp³-hybridized carbons (Fsp3) is 0.500. The molecular formula is C12H20N3O13P3. The lowest BCUT2D eigenvalue weighted by Gasteiger charge is -2.19. The molecule has 176 valence electrons. The van der Waals surface area contributed by atoms with E-state index in [4.69, 9.17) is 19.4 Å². The highest BCUT2D eigenvalue weighted by Gasteiger charge is 2.41. The van der Waals surface area contributed by atoms with Crippen LogP contribution in [0.2, 0.25) is 0 Å². The Morgan fingerprint density at radius 2 is 1.87 bits per heavy atom. The van der Waals surface area contributed by atoms with E-state index in [0.717, 1.165) is 4.57 Å². The van der Waals surface area contributed by atoms with Gasteiger partial charge in [0.05, 0.1) is 12.7 Å². The second kappa shape index (κ2) is 10.0. The summed E-state index contributed by atoms with van der Waals surface area (Å²) >= 11 is 0. The molecule has 6 N–H and O–H groups in total. The van der Waals surface area contributed by atoms with Crippen molar-refractivity contribution in [2.24, 2.45) is 0 Å². The zero-order chi connectivity index (χ0) is 23.4. The van der Waals surface area contributed by atoms with Crippen molar-refractivity contribution in [3.63, 3.8) is 0 Å². The van der Waals surface area contributed by atoms with Gasteiger partial charge in [0, 0.05) is 12.7 Å². The van der Waals surface area contributed by atoms with Crippen LogP contribution in [-0.4, -0.2) is 48.4 Å². The van der Waals surface area contributed by atoms with Gasteiger partial charge in [-0.25, -0.2) is 18.5 Å². The molecule has 1 aliphatic rings. The van der Waals surface area contributed by atoms with Gasteiger partial charge in [-0.15, -0.1) is 6.58 Å². The highest BCUT2D eigenvalue weighted by atomic mass is 31.3. The van der Waals surface area contributed by atoms with Crippen LogP contribution in [0.15, 0.2) is 28.4 Å². The highest BCUT2D eigenvalue weighted by molar-refractivity contribution is 7.66. The number of ether oxygens (including phenoxy) is 1. The molecule has 0 aliphatic carbocycles. The predicted molar refractivity (Wildman–Crippen MR) is 103 cm³/mol. The quantitative estimate of drug-likeness (QED) is 0.173. The summed E-state index contributed by atoms with van der Waals surface area (Å²) in [4.78, 5) is 61.5. The molecule has 2 heterocycles. The van der Waals surface area contributed by atoms with Crippen LogP contribution in [0.5, 0.6) is 0 Å². The third kappa shape index (κ3) is 8.22. The molecule has 1 fully saturated rings. The first kappa shape index (κ1) is 25.8. The van der Waals surface area contributed by atoms with Gasteiger partial charge in [-0.2, -0.15) is 8.62 Å². The summed E-state index contributed by atoms with van der Waals surface area (Å²) in [7, 11) is -16.4. The number of aromatic amines is 1. The van der Waals surface area contributed by atoms with E-state index in [1.54, 1.807) is 0 Å². The molecule has 0 saturated carbocycles. The van der Waals surface area contributed by atoms with E-state index in [1.165, 1.54) is 12.3 Å². The minimum atomic E-state index is -5.62. The van der Waals surface area contributed by atoms with E-state index in [1.807, 2.05) is 0 Å². The zero-order valence-corrected chi connectivity index (χ0v) is 18.3. The number of phosphoric ester groups is 1. The zero-order valence-electron chi connectivity index (χ0n) is 15.6. The Bertz CT molecular complexity index is 1060. The van der Waals surface area contributed by atoms with Crippen LogP contribution in [0, 0.1) is 0 Å². The molecule has 0 radical (unpaired) electrons. The van der Waals surface area contributed by atoms with Crippen LogP contribution >= 0.6 is 23.5 Å². The van der Waals surface area contributed by atoms with Crippen molar-refractivity contribution < 1.29 is 51.2 Å². The number of anilines is 1. The predicted octanol–water partition coefficient (Wildman–Crippen LogP) is 0.155. The van der Waals surface area contributed by atoms with Gasteiger partial charge in [-0.3, -0.25) is 18.9 Å². The molecule has 2 rings (SSSR count). The molecule has 16 nitrogen and oxygen atoms in total. The largest absolute Gasteiger partial charge is 0.490 e. The maximum Gasteiger partial charge on any atom is 0.490 e. The number of nitrogens with zero attached hydrogens (tertiary/aromatic N) is 1. The number of H-pyrrole nitrogens is 1. The van der Waals surface area contributed by atoms with E-state index in [0.29, 0.717) is 0 Å². The number of nitrogens with one attached hydrogen (secondary N) is 2. The van der Waals surface area contributed by atoms with Crippen LogP contribution in [0.3, 0.4) is 0 Å². The van der Waals surface area contributed by atoms with Gasteiger partial charge in [0.25, 0.3) is 5.56 Å². The summed E-state index contributed by atoms with van der Waals surface area (Å²) in [6, 6.07) is 0. The van der Waals surface area contributed by atoms with Crippen molar-refractivity contribution >= 4 is 29.2 Å². The Hall–Kier alpha value is -1.41. The summed E-state index contributed by atoms with van der Waals surface area (Å²) in [5.41, 5.74) is -1.32. The lowest BCUT2D eigenvalue weighted by Crippen LogP contribution is -2.34. The molecule has 0 amide bonds. The van der Waals surface area contributed by atoms with E-state index >= 15 is 0 Å². The Kier molecular flexibility index (Phi) is 8.36. The molecule has 0 bridgehead atoms. The number of rotatable bonds is 11. The summed E-state index contributed by atoms with van der Waals surface area (Å²) in [6.07, 6.45) is 1.49. The molecule has 1 aromatic rings. The minimum absolute atomic E-state index is 0.0832. The lowest BCUT2D eigenvalue weighted by atomic mass is 10.2. The maximum atomic E-state index is 12.1. The third-order valence-corrected chi connectivity index (χ3v) is 7.44. The average Bonchev–Trinajstić information content (AvgIpc) is 3.05. The fourth-order valence-electron chi connectivity index (χ4n) is 2.50. The number of hydrogen-bond donors (Lipinski definition) is 6. The van der Waals surface area contributed by atoms with Crippen molar-refractivity contribution in [3.05, 3.63) is 39.7 Å². The average molecular weight is 507 g/mol. The monoisotopic (exact) mass is 507 g/mol. The summed E-state index contributed by atoms with van der Waals surface area (Å²) in [5.74, 6) is 0. The van der Waals surface area contributed by atoms with E-state index in [-0.39, 0.29) is 25.1 Å². The Balaban J connectivity index is 1.99. The number of phosphoric acid groups is 3. The first-order chi connectivity index (χ1) is 14.2. The van der Waals surface area contributed by atoms with Gasteiger partial charge in [-0.05, 0) is 12.8 Å². The second-order valence-electron chi connectivity index (χ2n) is 6.06. The topological polar surface area (TPSA) is 236 Å². The van der Waals surface area contributed by atoms with Crippen molar-refractivity contribution in [1.29, 1.82) is 0 Å². The smallest absolute Gasteiger partial charge is 0.376 e. The maximum absolute atomic E-state index is 12.1. The van der Waals surface area contributed by atoms with Crippen LogP contribution < -0.4 is 16.6 Å². The summed E-state index contributed by atoms with van der Waals surface area (Å²) in [5, 5.41) is 2.74. The van der Waals surface area contributed by atoms with Gasteiger partial charge in [0.1, 0.15) is 11.9 Å². The molecule has 19 heteroatoms. The number of hydrogen-bond acceptors (Lipinski definition) is 10. The molecule has 31 heavy (non-hydrogen) atoms. The van der Waals surface area contributed by atoms with E-state index in [9.17, 15) is 28.2 Å². The van der Waals surface area contributed by atoms with Gasteiger partial charge in [-0.1, -0.05) is 6.08 Å². The molecule has 0 spiro atoms. The lowest BCUT2D eigenvalue weighted by molar-refractivity contribution is -0.0242. The van der Waals surface area contributed by atoms with Crippen molar-refractivity contribution in [2.75, 3.05) is 18.5 Å². The van der Waals surface area contributed by atoms with Gasteiger partial charge in [0.15, 0.2) is 0 Å². The fourth-order valence-corrected chi connectivity index (χ4v) is 5.55. The summed E-state index contributed by atoms with van der Waals surface area (Å²) < 4.78 is 52.0. The highest BCUT2D eigenvalue weighted by Crippen LogP contribution is 2.66. The van der Waals surface area contributed by atoms with Crippen LogP contribution in [0.25, 0.3) is 0 Å². The van der Waals surface area contributed by atoms with Crippen LogP contribution in [-0.2, 0) is 31.6 Å². The van der Waals surface area contributed by atoms with E-state index < -0.39 is 53.7 Å². The Morgan fingerprint density at radius 1 is 1.19 bits per heavy atom. The SMILES string of the molecule is C=CCNc1cn([C@H]2CC[C@@H](COP(=O)(O)OP(=O)(O)OP(=O)(O)O)O2)c(=O)[nH]c1=O. The van der Waals surface area contributed by atoms with Crippen LogP contribution in [0.4, 0.5) is 5.69 Å².